The van der Waals surface area contributed by atoms with Crippen LogP contribution in [0, 0.1) is 11.3 Å². The number of nitrogens with zero attached hydrogens (tertiary/aromatic N) is 2. The van der Waals surface area contributed by atoms with Gasteiger partial charge in [-0.25, -0.2) is 0 Å². The minimum Gasteiger partial charge on any atom is -0.264 e. The Bertz CT molecular complexity index is 168. The van der Waals surface area contributed by atoms with Crippen molar-refractivity contribution < 1.29 is 0 Å². The topological polar surface area (TPSA) is 36.1 Å². The molecule has 3 heteroatoms. The molecule has 0 amide bonds. The van der Waals surface area contributed by atoms with E-state index in [9.17, 15) is 0 Å². The van der Waals surface area contributed by atoms with E-state index in [-0.39, 0.29) is 6.04 Å². The summed E-state index contributed by atoms with van der Waals surface area (Å²) in [5.41, 5.74) is 0. The van der Waals surface area contributed by atoms with Crippen molar-refractivity contribution in [3.05, 3.63) is 0 Å². The lowest BCUT2D eigenvalue weighted by Crippen LogP contribution is -1.96. The van der Waals surface area contributed by atoms with Gasteiger partial charge in [0.05, 0.1) is 11.1 Å². The van der Waals surface area contributed by atoms with E-state index >= 15 is 0 Å². The fourth-order valence-corrected chi connectivity index (χ4v) is 1.59. The summed E-state index contributed by atoms with van der Waals surface area (Å²) in [4.78, 5) is 4.14. The van der Waals surface area contributed by atoms with Gasteiger partial charge >= 0.3 is 0 Å². The first-order chi connectivity index (χ1) is 4.36. The van der Waals surface area contributed by atoms with E-state index in [1.807, 2.05) is 0 Å². The summed E-state index contributed by atoms with van der Waals surface area (Å²) < 4.78 is 0. The zero-order chi connectivity index (χ0) is 6.69. The van der Waals surface area contributed by atoms with Crippen LogP contribution in [0.4, 0.5) is 0 Å². The highest BCUT2D eigenvalue weighted by molar-refractivity contribution is 8.14. The molecule has 1 heterocycles. The predicted molar refractivity (Wildman–Crippen MR) is 39.6 cm³/mol. The van der Waals surface area contributed by atoms with Crippen LogP contribution < -0.4 is 0 Å². The Labute approximate surface area is 59.0 Å². The van der Waals surface area contributed by atoms with Crippen LogP contribution in [0.15, 0.2) is 4.99 Å². The number of hydrogen-bond acceptors (Lipinski definition) is 3. The summed E-state index contributed by atoms with van der Waals surface area (Å²) in [6, 6.07) is 2.05. The average molecular weight is 140 g/mol. The molecule has 9 heavy (non-hydrogen) atoms. The first kappa shape index (κ1) is 6.63. The molecule has 0 spiro atoms. The van der Waals surface area contributed by atoms with E-state index in [1.54, 1.807) is 11.8 Å². The minimum absolute atomic E-state index is 0.0649. The van der Waals surface area contributed by atoms with Crippen LogP contribution in [0.25, 0.3) is 0 Å². The van der Waals surface area contributed by atoms with E-state index in [2.05, 4.69) is 18.0 Å². The van der Waals surface area contributed by atoms with Crippen molar-refractivity contribution in [2.45, 2.75) is 19.4 Å². The fraction of sp³-hybridized carbons (Fsp3) is 0.667. The molecular formula is C6H8N2S. The summed E-state index contributed by atoms with van der Waals surface area (Å²) in [6.45, 7) is 2.06. The second kappa shape index (κ2) is 2.88. The lowest BCUT2D eigenvalue weighted by Gasteiger charge is -1.85. The third-order valence-electron chi connectivity index (χ3n) is 1.16. The van der Waals surface area contributed by atoms with E-state index in [0.717, 1.165) is 17.2 Å². The number of thioether (sulfide) groups is 1. The molecule has 0 fully saturated rings. The molecule has 48 valence electrons. The van der Waals surface area contributed by atoms with E-state index in [0.29, 0.717) is 0 Å². The maximum Gasteiger partial charge on any atom is 0.146 e. The van der Waals surface area contributed by atoms with Gasteiger partial charge in [-0.1, -0.05) is 6.92 Å². The number of nitriles is 1. The van der Waals surface area contributed by atoms with Crippen molar-refractivity contribution in [3.8, 4) is 6.07 Å². The Balaban J connectivity index is 2.52. The highest BCUT2D eigenvalue weighted by Crippen LogP contribution is 2.18. The molecule has 0 aromatic rings. The summed E-state index contributed by atoms with van der Waals surface area (Å²) in [5, 5.41) is 9.54. The molecule has 0 radical (unpaired) electrons. The summed E-state index contributed by atoms with van der Waals surface area (Å²) in [7, 11) is 0. The molecule has 0 aromatic carbocycles. The van der Waals surface area contributed by atoms with Crippen molar-refractivity contribution in [1.29, 1.82) is 5.26 Å². The highest BCUT2D eigenvalue weighted by atomic mass is 32.2. The van der Waals surface area contributed by atoms with Crippen LogP contribution >= 0.6 is 11.8 Å². The van der Waals surface area contributed by atoms with Crippen LogP contribution in [0.1, 0.15) is 13.3 Å². The van der Waals surface area contributed by atoms with Gasteiger partial charge in [0.2, 0.25) is 0 Å². The van der Waals surface area contributed by atoms with Crippen LogP contribution in [0.2, 0.25) is 0 Å². The molecule has 0 bridgehead atoms. The Kier molecular flexibility index (Phi) is 2.12. The van der Waals surface area contributed by atoms with E-state index < -0.39 is 0 Å². The van der Waals surface area contributed by atoms with Crippen LogP contribution in [-0.2, 0) is 0 Å². The van der Waals surface area contributed by atoms with Crippen molar-refractivity contribution in [2.24, 2.45) is 4.99 Å². The zero-order valence-corrected chi connectivity index (χ0v) is 6.11. The number of rotatable bonds is 1. The third kappa shape index (κ3) is 1.46. The Morgan fingerprint density at radius 1 is 2.00 bits per heavy atom. The summed E-state index contributed by atoms with van der Waals surface area (Å²) in [6.07, 6.45) is 0.975. The van der Waals surface area contributed by atoms with Gasteiger partial charge in [0.25, 0.3) is 0 Å². The molecule has 0 aromatic heterocycles. The number of hydrogen-bond donors (Lipinski definition) is 0. The standard InChI is InChI=1S/C6H8N2S/c1-2-6-8-5(3-7)4-9-6/h5H,2,4H2,1H3. The largest absolute Gasteiger partial charge is 0.264 e. The molecular weight excluding hydrogens is 132 g/mol. The predicted octanol–water partition coefficient (Wildman–Crippen LogP) is 1.43. The zero-order valence-electron chi connectivity index (χ0n) is 5.29. The molecule has 1 aliphatic heterocycles. The molecule has 2 nitrogen and oxygen atoms in total. The van der Waals surface area contributed by atoms with Crippen molar-refractivity contribution in [1.82, 2.24) is 0 Å². The average Bonchev–Trinajstić information content (AvgIpc) is 2.34. The van der Waals surface area contributed by atoms with Crippen molar-refractivity contribution >= 4 is 16.8 Å². The second-order valence-electron chi connectivity index (χ2n) is 1.83. The van der Waals surface area contributed by atoms with Crippen LogP contribution in [-0.4, -0.2) is 16.8 Å². The monoisotopic (exact) mass is 140 g/mol. The van der Waals surface area contributed by atoms with Crippen LogP contribution in [0.3, 0.4) is 0 Å². The second-order valence-corrected chi connectivity index (χ2v) is 2.93. The molecule has 1 rings (SSSR count). The first-order valence-corrected chi connectivity index (χ1v) is 3.94. The molecule has 0 aliphatic carbocycles. The SMILES string of the molecule is CCC1=NC(C#N)CS1. The van der Waals surface area contributed by atoms with E-state index in [4.69, 9.17) is 5.26 Å². The Morgan fingerprint density at radius 3 is 3.11 bits per heavy atom. The van der Waals surface area contributed by atoms with E-state index in [1.165, 1.54) is 0 Å². The van der Waals surface area contributed by atoms with Gasteiger partial charge in [-0.2, -0.15) is 5.26 Å². The quantitative estimate of drug-likeness (QED) is 0.552. The lowest BCUT2D eigenvalue weighted by molar-refractivity contribution is 0.968. The van der Waals surface area contributed by atoms with Crippen molar-refractivity contribution in [3.63, 3.8) is 0 Å². The van der Waals surface area contributed by atoms with Crippen LogP contribution in [0.5, 0.6) is 0 Å². The minimum atomic E-state index is -0.0649. The maximum atomic E-state index is 8.41. The fourth-order valence-electron chi connectivity index (χ4n) is 0.683. The maximum absolute atomic E-state index is 8.41. The molecule has 1 aliphatic rings. The van der Waals surface area contributed by atoms with Gasteiger partial charge in [-0.05, 0) is 6.42 Å². The molecule has 0 N–H and O–H groups in total. The normalized spacial score (nSPS) is 25.3. The summed E-state index contributed by atoms with van der Waals surface area (Å²) in [5.74, 6) is 0.861. The third-order valence-corrected chi connectivity index (χ3v) is 2.37. The number of aliphatic imine (C=N–C) groups is 1. The molecule has 1 atom stereocenters. The van der Waals surface area contributed by atoms with Gasteiger partial charge < -0.3 is 0 Å². The molecule has 0 saturated heterocycles. The lowest BCUT2D eigenvalue weighted by atomic mass is 10.4. The highest BCUT2D eigenvalue weighted by Gasteiger charge is 2.14. The molecule has 0 saturated carbocycles. The van der Waals surface area contributed by atoms with Gasteiger partial charge in [0, 0.05) is 5.75 Å². The molecule has 1 unspecified atom stereocenters. The van der Waals surface area contributed by atoms with Gasteiger partial charge in [-0.15, -0.1) is 11.8 Å². The van der Waals surface area contributed by atoms with Gasteiger partial charge in [-0.3, -0.25) is 4.99 Å². The van der Waals surface area contributed by atoms with Crippen molar-refractivity contribution in [2.75, 3.05) is 5.75 Å². The Hall–Kier alpha value is -0.490. The smallest absolute Gasteiger partial charge is 0.146 e. The van der Waals surface area contributed by atoms with Gasteiger partial charge in [0.15, 0.2) is 0 Å². The summed E-state index contributed by atoms with van der Waals surface area (Å²) >= 11 is 1.70. The Morgan fingerprint density at radius 2 is 2.78 bits per heavy atom. The first-order valence-electron chi connectivity index (χ1n) is 2.96. The van der Waals surface area contributed by atoms with Gasteiger partial charge in [0.1, 0.15) is 6.04 Å².